The lowest BCUT2D eigenvalue weighted by Gasteiger charge is -2.09. The van der Waals surface area contributed by atoms with Crippen LogP contribution in [0.5, 0.6) is 11.5 Å². The van der Waals surface area contributed by atoms with E-state index in [1.54, 1.807) is 24.3 Å². The molecule has 2 aromatic carbocycles. The second-order valence-corrected chi connectivity index (χ2v) is 6.92. The van der Waals surface area contributed by atoms with Gasteiger partial charge in [0.2, 0.25) is 0 Å². The lowest BCUT2D eigenvalue weighted by atomic mass is 10.2. The number of rotatable bonds is 8. The van der Waals surface area contributed by atoms with E-state index in [0.717, 1.165) is 5.56 Å². The van der Waals surface area contributed by atoms with Gasteiger partial charge in [-0.2, -0.15) is 13.5 Å². The molecule has 0 aliphatic rings. The first-order valence-electron chi connectivity index (χ1n) is 7.46. The smallest absolute Gasteiger partial charge is 0.341 e. The second kappa shape index (κ2) is 8.34. The van der Waals surface area contributed by atoms with Crippen molar-refractivity contribution in [2.45, 2.75) is 11.8 Å². The highest BCUT2D eigenvalue weighted by atomic mass is 32.2. The fourth-order valence-electron chi connectivity index (χ4n) is 1.96. The Kier molecular flexibility index (Phi) is 6.18. The van der Waals surface area contributed by atoms with E-state index in [4.69, 9.17) is 14.6 Å². The number of aliphatic carboxylic acids is 1. The summed E-state index contributed by atoms with van der Waals surface area (Å²) in [4.78, 5) is 12.8. The first-order chi connectivity index (χ1) is 12.3. The van der Waals surface area contributed by atoms with E-state index in [2.05, 4.69) is 9.93 Å². The van der Waals surface area contributed by atoms with Crippen LogP contribution in [0.2, 0.25) is 0 Å². The summed E-state index contributed by atoms with van der Waals surface area (Å²) < 4.78 is 34.5. The van der Waals surface area contributed by atoms with Gasteiger partial charge in [-0.1, -0.05) is 17.7 Å². The third-order valence-electron chi connectivity index (χ3n) is 3.26. The van der Waals surface area contributed by atoms with Crippen molar-refractivity contribution in [2.75, 3.05) is 13.7 Å². The van der Waals surface area contributed by atoms with Crippen molar-refractivity contribution in [1.82, 2.24) is 4.83 Å². The molecule has 0 heterocycles. The number of nitrogens with zero attached hydrogens (tertiary/aromatic N) is 1. The quantitative estimate of drug-likeness (QED) is 0.535. The molecule has 2 N–H and O–H groups in total. The van der Waals surface area contributed by atoms with Crippen molar-refractivity contribution >= 4 is 22.2 Å². The lowest BCUT2D eigenvalue weighted by molar-refractivity contribution is -0.139. The highest BCUT2D eigenvalue weighted by molar-refractivity contribution is 7.89. The molecule has 0 saturated carbocycles. The maximum Gasteiger partial charge on any atom is 0.341 e. The summed E-state index contributed by atoms with van der Waals surface area (Å²) in [5, 5.41) is 12.4. The molecular formula is C17H18N2O6S. The molecule has 0 bridgehead atoms. The zero-order valence-electron chi connectivity index (χ0n) is 14.2. The number of carboxylic acids is 1. The summed E-state index contributed by atoms with van der Waals surface area (Å²) in [6, 6.07) is 11.0. The molecule has 0 aliphatic carbocycles. The van der Waals surface area contributed by atoms with Crippen LogP contribution < -0.4 is 14.3 Å². The minimum Gasteiger partial charge on any atom is -0.493 e. The number of sulfonamides is 1. The molecule has 0 fully saturated rings. The average molecular weight is 378 g/mol. The fourth-order valence-corrected chi connectivity index (χ4v) is 2.75. The van der Waals surface area contributed by atoms with Gasteiger partial charge in [0.25, 0.3) is 10.0 Å². The van der Waals surface area contributed by atoms with Crippen molar-refractivity contribution in [3.8, 4) is 11.5 Å². The highest BCUT2D eigenvalue weighted by Gasteiger charge is 2.12. The summed E-state index contributed by atoms with van der Waals surface area (Å²) in [5.41, 5.74) is 1.49. The molecule has 0 radical (unpaired) electrons. The fraction of sp³-hybridized carbons (Fsp3) is 0.176. The Morgan fingerprint density at radius 2 is 1.88 bits per heavy atom. The van der Waals surface area contributed by atoms with Crippen molar-refractivity contribution < 1.29 is 27.8 Å². The van der Waals surface area contributed by atoms with Gasteiger partial charge in [0.15, 0.2) is 18.1 Å². The Bertz CT molecular complexity index is 907. The number of nitrogens with one attached hydrogen (secondary N) is 1. The van der Waals surface area contributed by atoms with Gasteiger partial charge in [-0.05, 0) is 42.8 Å². The van der Waals surface area contributed by atoms with Crippen LogP contribution >= 0.6 is 0 Å². The highest BCUT2D eigenvalue weighted by Crippen LogP contribution is 2.27. The topological polar surface area (TPSA) is 114 Å². The lowest BCUT2D eigenvalue weighted by Crippen LogP contribution is -2.18. The van der Waals surface area contributed by atoms with Gasteiger partial charge < -0.3 is 14.6 Å². The van der Waals surface area contributed by atoms with E-state index < -0.39 is 22.6 Å². The molecule has 26 heavy (non-hydrogen) atoms. The Morgan fingerprint density at radius 1 is 1.19 bits per heavy atom. The van der Waals surface area contributed by atoms with Gasteiger partial charge in [-0.3, -0.25) is 0 Å². The van der Waals surface area contributed by atoms with Crippen LogP contribution in [0.1, 0.15) is 11.1 Å². The van der Waals surface area contributed by atoms with Crippen LogP contribution in [-0.4, -0.2) is 39.4 Å². The number of benzene rings is 2. The molecule has 9 heteroatoms. The van der Waals surface area contributed by atoms with Crippen LogP contribution in [0, 0.1) is 6.92 Å². The molecule has 2 rings (SSSR count). The molecule has 2 aromatic rings. The number of methoxy groups -OCH3 is 1. The zero-order valence-corrected chi connectivity index (χ0v) is 15.0. The molecule has 8 nitrogen and oxygen atoms in total. The standard InChI is InChI=1S/C17H18N2O6S/c1-12-3-6-14(7-4-12)26(22,23)19-18-10-13-5-8-15(16(9-13)24-2)25-11-17(20)21/h3-10,19H,11H2,1-2H3,(H,20,21)/b18-10+. The SMILES string of the molecule is COc1cc(/C=N/NS(=O)(=O)c2ccc(C)cc2)ccc1OCC(=O)O. The van der Waals surface area contributed by atoms with Gasteiger partial charge in [0.05, 0.1) is 18.2 Å². The Morgan fingerprint density at radius 3 is 2.50 bits per heavy atom. The number of carbonyl (C=O) groups is 1. The second-order valence-electron chi connectivity index (χ2n) is 5.26. The average Bonchev–Trinajstić information content (AvgIpc) is 2.60. The Hall–Kier alpha value is -3.07. The summed E-state index contributed by atoms with van der Waals surface area (Å²) in [6.45, 7) is 1.36. The molecule has 0 aromatic heterocycles. The molecule has 0 spiro atoms. The van der Waals surface area contributed by atoms with Crippen LogP contribution in [0.25, 0.3) is 0 Å². The van der Waals surface area contributed by atoms with E-state index in [9.17, 15) is 13.2 Å². The molecule has 0 aliphatic heterocycles. The molecule has 0 atom stereocenters. The van der Waals surface area contributed by atoms with Crippen LogP contribution in [-0.2, 0) is 14.8 Å². The molecular weight excluding hydrogens is 360 g/mol. The monoisotopic (exact) mass is 378 g/mol. The predicted molar refractivity (Wildman–Crippen MR) is 95.2 cm³/mol. The van der Waals surface area contributed by atoms with Gasteiger partial charge in [-0.25, -0.2) is 9.63 Å². The first kappa shape index (κ1) is 19.3. The number of ether oxygens (including phenoxy) is 2. The van der Waals surface area contributed by atoms with Crippen LogP contribution in [0.3, 0.4) is 0 Å². The van der Waals surface area contributed by atoms with E-state index in [-0.39, 0.29) is 10.6 Å². The van der Waals surface area contributed by atoms with Crippen LogP contribution in [0.15, 0.2) is 52.5 Å². The molecule has 0 amide bonds. The predicted octanol–water partition coefficient (Wildman–Crippen LogP) is 1.78. The number of hydrogen-bond acceptors (Lipinski definition) is 6. The Balaban J connectivity index is 2.10. The van der Waals surface area contributed by atoms with Gasteiger partial charge in [0, 0.05) is 0 Å². The normalized spacial score (nSPS) is 11.3. The van der Waals surface area contributed by atoms with E-state index in [0.29, 0.717) is 11.3 Å². The summed E-state index contributed by atoms with van der Waals surface area (Å²) in [5.74, 6) is -0.549. The minimum absolute atomic E-state index is 0.107. The third-order valence-corrected chi connectivity index (χ3v) is 4.50. The van der Waals surface area contributed by atoms with Gasteiger partial charge in [0.1, 0.15) is 0 Å². The summed E-state index contributed by atoms with van der Waals surface area (Å²) in [6.07, 6.45) is 1.30. The number of carboxylic acid groups (broad SMARTS) is 1. The van der Waals surface area contributed by atoms with E-state index >= 15 is 0 Å². The van der Waals surface area contributed by atoms with Crippen LogP contribution in [0.4, 0.5) is 0 Å². The maximum atomic E-state index is 12.1. The zero-order chi connectivity index (χ0) is 19.2. The van der Waals surface area contributed by atoms with E-state index in [1.165, 1.54) is 31.5 Å². The number of hydrogen-bond donors (Lipinski definition) is 2. The third kappa shape index (κ3) is 5.21. The summed E-state index contributed by atoms with van der Waals surface area (Å²) >= 11 is 0. The number of aryl methyl sites for hydroxylation is 1. The number of hydrazone groups is 1. The van der Waals surface area contributed by atoms with Gasteiger partial charge >= 0.3 is 5.97 Å². The molecule has 138 valence electrons. The largest absolute Gasteiger partial charge is 0.493 e. The molecule has 0 unspecified atom stereocenters. The maximum absolute atomic E-state index is 12.1. The molecule has 0 saturated heterocycles. The van der Waals surface area contributed by atoms with Gasteiger partial charge in [-0.15, -0.1) is 0 Å². The van der Waals surface area contributed by atoms with Crippen molar-refractivity contribution in [2.24, 2.45) is 5.10 Å². The van der Waals surface area contributed by atoms with Crippen molar-refractivity contribution in [3.05, 3.63) is 53.6 Å². The summed E-state index contributed by atoms with van der Waals surface area (Å²) in [7, 11) is -2.35. The van der Waals surface area contributed by atoms with Crippen molar-refractivity contribution in [1.29, 1.82) is 0 Å². The Labute approximate surface area is 151 Å². The van der Waals surface area contributed by atoms with E-state index in [1.807, 2.05) is 6.92 Å². The minimum atomic E-state index is -3.76. The first-order valence-corrected chi connectivity index (χ1v) is 8.94. The van der Waals surface area contributed by atoms with Crippen molar-refractivity contribution in [3.63, 3.8) is 0 Å².